The molecule has 2 saturated carbocycles. The molecular formula is C39H39ClF8KN7OS2. The zero-order chi connectivity index (χ0) is 42.9. The average Bonchev–Trinajstić information content (AvgIpc) is 3.80. The molecule has 4 aromatic rings. The fourth-order valence-corrected chi connectivity index (χ4v) is 6.79. The largest absolute Gasteiger partial charge is 1.00 e. The predicted octanol–water partition coefficient (Wildman–Crippen LogP) is 7.05. The number of hydrogen-bond acceptors (Lipinski definition) is 9. The average molecular weight is 912 g/mol. The summed E-state index contributed by atoms with van der Waals surface area (Å²) in [6.07, 6.45) is -3.37. The van der Waals surface area contributed by atoms with Gasteiger partial charge in [-0.3, -0.25) is 4.68 Å². The number of thioether (sulfide) groups is 1. The van der Waals surface area contributed by atoms with Crippen molar-refractivity contribution >= 4 is 58.4 Å². The van der Waals surface area contributed by atoms with Crippen molar-refractivity contribution in [2.45, 2.75) is 87.8 Å². The van der Waals surface area contributed by atoms with Crippen LogP contribution in [0.25, 0.3) is 22.0 Å². The number of anilines is 1. The molecule has 0 radical (unpaired) electrons. The Morgan fingerprint density at radius 2 is 1.73 bits per heavy atom. The number of nitrogens with two attached hydrogens (primary N) is 2. The maximum absolute atomic E-state index is 15.4. The Morgan fingerprint density at radius 1 is 1.12 bits per heavy atom. The number of aromatic nitrogens is 3. The number of nitrogen functional groups attached to an aromatic ring is 1. The maximum atomic E-state index is 15.4. The van der Waals surface area contributed by atoms with Crippen molar-refractivity contribution in [1.82, 2.24) is 19.9 Å². The zero-order valence-electron chi connectivity index (χ0n) is 32.5. The summed E-state index contributed by atoms with van der Waals surface area (Å²) in [6, 6.07) is 6.22. The summed E-state index contributed by atoms with van der Waals surface area (Å²) in [5, 5.41) is 22.7. The molecule has 2 heterocycles. The first-order chi connectivity index (χ1) is 27.1. The van der Waals surface area contributed by atoms with Gasteiger partial charge < -0.3 is 21.8 Å². The fourth-order valence-electron chi connectivity index (χ4n) is 6.23. The number of thiol groups is 1. The minimum atomic E-state index is -3.89. The summed E-state index contributed by atoms with van der Waals surface area (Å²) in [5.41, 5.74) is 8.20. The van der Waals surface area contributed by atoms with Gasteiger partial charge in [0.25, 0.3) is 18.8 Å². The Bertz CT molecular complexity index is 2280. The van der Waals surface area contributed by atoms with Crippen LogP contribution in [0.4, 0.5) is 40.9 Å². The summed E-state index contributed by atoms with van der Waals surface area (Å²) in [6.45, 7) is 3.95. The smallest absolute Gasteiger partial charge is 0.741 e. The van der Waals surface area contributed by atoms with Gasteiger partial charge in [-0.1, -0.05) is 30.5 Å². The molecule has 1 unspecified atom stereocenters. The van der Waals surface area contributed by atoms with Gasteiger partial charge in [-0.15, -0.1) is 11.8 Å². The van der Waals surface area contributed by atoms with E-state index in [0.29, 0.717) is 6.07 Å². The Kier molecular flexibility index (Phi) is 16.7. The van der Waals surface area contributed by atoms with Gasteiger partial charge in [0.1, 0.15) is 29.6 Å². The van der Waals surface area contributed by atoms with E-state index in [1.54, 1.807) is 0 Å². The van der Waals surface area contributed by atoms with Gasteiger partial charge in [0.05, 0.1) is 38.1 Å². The number of halogens is 9. The summed E-state index contributed by atoms with van der Waals surface area (Å²) >= 11 is 11.9. The number of alkyl halides is 6. The van der Waals surface area contributed by atoms with Crippen molar-refractivity contribution in [2.24, 2.45) is 16.8 Å². The Hall–Kier alpha value is -2.54. The van der Waals surface area contributed by atoms with Gasteiger partial charge in [0, 0.05) is 34.4 Å². The van der Waals surface area contributed by atoms with E-state index in [1.165, 1.54) is 55.8 Å². The third-order valence-corrected chi connectivity index (χ3v) is 11.2. The minimum Gasteiger partial charge on any atom is -0.741 e. The fraction of sp³-hybridized carbons (Fsp3) is 0.410. The molecule has 0 saturated heterocycles. The second-order valence-corrected chi connectivity index (χ2v) is 16.9. The normalized spacial score (nSPS) is 18.3. The van der Waals surface area contributed by atoms with E-state index in [0.717, 1.165) is 22.1 Å². The number of hydrazone groups is 1. The van der Waals surface area contributed by atoms with Crippen LogP contribution in [0.3, 0.4) is 0 Å². The topological polar surface area (TPSA) is 121 Å². The molecule has 8 nitrogen and oxygen atoms in total. The van der Waals surface area contributed by atoms with E-state index in [9.17, 15) is 31.5 Å². The van der Waals surface area contributed by atoms with Crippen LogP contribution in [0.1, 0.15) is 63.0 Å². The molecule has 2 fully saturated rings. The molecule has 0 amide bonds. The molecule has 0 bridgehead atoms. The number of hydroxylamine groups is 1. The molecular weight excluding hydrogens is 873 g/mol. The van der Waals surface area contributed by atoms with Crippen molar-refractivity contribution in [2.75, 3.05) is 12.0 Å². The van der Waals surface area contributed by atoms with E-state index in [-0.39, 0.29) is 106 Å². The Balaban J connectivity index is 0.00000145. The first-order valence-corrected chi connectivity index (χ1v) is 19.9. The third kappa shape index (κ3) is 12.1. The number of pyridine rings is 1. The van der Waals surface area contributed by atoms with Crippen molar-refractivity contribution in [3.63, 3.8) is 0 Å². The molecule has 2 aliphatic carbocycles. The number of hydrogen-bond donors (Lipinski definition) is 3. The van der Waals surface area contributed by atoms with E-state index < -0.39 is 83.5 Å². The second-order valence-electron chi connectivity index (χ2n) is 14.3. The number of benzene rings is 2. The van der Waals surface area contributed by atoms with E-state index in [2.05, 4.69) is 39.7 Å². The standard InChI is InChI=1S/C36H33ClF8N7OS.C3H6S.K/c1-17-15-36(44,45)32(27(17)29(46)33(42)43)49-52(53)25(13-18-11-19(38)14-20(39)12-18)30-22(6-5-21(48-30)9-10-35(2,3)54-4)23-7-8-24(37)28-31(23)51(16-26(40)41)50-34(28)47;4-3-1-2-3;/h5-8,11-12,14,17,25-26,33H,13,15-16,46H2,1-4H3,(H2,47,50);3-4H,1-2H2;/q-1;;+1/b29-27-,49-32-;;/t17-,25?;;/m1../s1. The SMILES string of the molecule is CSC(C)(C)C#Cc1ccc(-c2ccc(Cl)c3c(N)nn(CC(F)F)c23)c(C(Cc2cc(F)cc(F)c2)N([O-])/N=C2/C(=C(\N)C(F)F)[C@H](C)CC2(F)F)n1.SC1CC1.[K+]. The predicted molar refractivity (Wildman–Crippen MR) is 216 cm³/mol. The van der Waals surface area contributed by atoms with Crippen molar-refractivity contribution < 1.29 is 86.5 Å². The summed E-state index contributed by atoms with van der Waals surface area (Å²) < 4.78 is 115. The summed E-state index contributed by atoms with van der Waals surface area (Å²) in [4.78, 5) is 4.62. The van der Waals surface area contributed by atoms with Crippen LogP contribution in [0.15, 0.2) is 58.8 Å². The molecule has 0 aliphatic heterocycles. The number of nitrogens with zero attached hydrogens (tertiary/aromatic N) is 5. The van der Waals surface area contributed by atoms with E-state index >= 15 is 8.78 Å². The van der Waals surface area contributed by atoms with Crippen LogP contribution in [-0.4, -0.2) is 60.7 Å². The first kappa shape index (κ1) is 49.1. The summed E-state index contributed by atoms with van der Waals surface area (Å²) in [7, 11) is 0. The quantitative estimate of drug-likeness (QED) is 0.0514. The Morgan fingerprint density at radius 3 is 2.29 bits per heavy atom. The minimum absolute atomic E-state index is 0. The molecule has 2 aromatic carbocycles. The van der Waals surface area contributed by atoms with E-state index in [1.807, 2.05) is 20.1 Å². The number of rotatable bonds is 10. The molecule has 2 aliphatic rings. The van der Waals surface area contributed by atoms with Crippen molar-refractivity contribution in [1.29, 1.82) is 0 Å². The molecule has 0 spiro atoms. The van der Waals surface area contributed by atoms with E-state index in [4.69, 9.17) is 23.1 Å². The molecule has 2 aromatic heterocycles. The van der Waals surface area contributed by atoms with Crippen LogP contribution < -0.4 is 62.9 Å². The van der Waals surface area contributed by atoms with Gasteiger partial charge in [-0.05, 0) is 87.1 Å². The molecule has 2 atom stereocenters. The van der Waals surface area contributed by atoms with Crippen LogP contribution in [0.5, 0.6) is 0 Å². The molecule has 4 N–H and O–H groups in total. The third-order valence-electron chi connectivity index (χ3n) is 9.28. The monoisotopic (exact) mass is 911 g/mol. The first-order valence-electron chi connectivity index (χ1n) is 17.8. The van der Waals surface area contributed by atoms with Gasteiger partial charge in [-0.2, -0.15) is 31.6 Å². The van der Waals surface area contributed by atoms with Crippen molar-refractivity contribution in [3.05, 3.63) is 92.6 Å². The number of fused-ring (bicyclic) bond motifs is 1. The van der Waals surface area contributed by atoms with Crippen LogP contribution in [0, 0.1) is 34.6 Å². The van der Waals surface area contributed by atoms with Gasteiger partial charge in [-0.25, -0.2) is 31.3 Å². The van der Waals surface area contributed by atoms with Gasteiger partial charge >= 0.3 is 51.4 Å². The molecule has 6 rings (SSSR count). The Labute approximate surface area is 393 Å². The molecule has 312 valence electrons. The van der Waals surface area contributed by atoms with Crippen LogP contribution in [-0.2, 0) is 13.0 Å². The van der Waals surface area contributed by atoms with Crippen LogP contribution in [0.2, 0.25) is 5.02 Å². The van der Waals surface area contributed by atoms with Crippen LogP contribution >= 0.6 is 36.0 Å². The number of allylic oxidation sites excluding steroid dienone is 2. The van der Waals surface area contributed by atoms with Gasteiger partial charge in [0.2, 0.25) is 0 Å². The summed E-state index contributed by atoms with van der Waals surface area (Å²) in [5.74, 6) is -1.45. The van der Waals surface area contributed by atoms with Crippen molar-refractivity contribution in [3.8, 4) is 23.0 Å². The molecule has 20 heteroatoms. The maximum Gasteiger partial charge on any atom is 1.00 e. The zero-order valence-corrected chi connectivity index (χ0v) is 38.1. The molecule has 59 heavy (non-hydrogen) atoms. The second kappa shape index (κ2) is 20.1. The van der Waals surface area contributed by atoms with Gasteiger partial charge in [0.15, 0.2) is 5.82 Å².